The maximum atomic E-state index is 12.6. The quantitative estimate of drug-likeness (QED) is 0.707. The fourth-order valence-electron chi connectivity index (χ4n) is 2.21. The molecule has 0 radical (unpaired) electrons. The lowest BCUT2D eigenvalue weighted by Crippen LogP contribution is -2.12. The fraction of sp³-hybridized carbons (Fsp3) is 0.167. The molecule has 0 saturated heterocycles. The molecule has 0 saturated carbocycles. The number of aryl methyl sites for hydroxylation is 2. The van der Waals surface area contributed by atoms with Crippen LogP contribution in [-0.4, -0.2) is 15.9 Å². The van der Waals surface area contributed by atoms with Gasteiger partial charge in [0.25, 0.3) is 5.91 Å². The van der Waals surface area contributed by atoms with Gasteiger partial charge in [0.05, 0.1) is 11.9 Å². The Morgan fingerprint density at radius 1 is 1.32 bits per heavy atom. The molecule has 0 fully saturated rings. The minimum absolute atomic E-state index is 0.201. The number of nitrogens with zero attached hydrogens (tertiary/aromatic N) is 2. The highest BCUT2D eigenvalue weighted by Crippen LogP contribution is 2.24. The zero-order valence-electron chi connectivity index (χ0n) is 13.7. The average molecular weight is 374 g/mol. The van der Waals surface area contributed by atoms with Crippen molar-refractivity contribution >= 4 is 34.5 Å². The minimum Gasteiger partial charge on any atom is -0.485 e. The van der Waals surface area contributed by atoms with Crippen molar-refractivity contribution < 1.29 is 9.53 Å². The highest BCUT2D eigenvalue weighted by atomic mass is 35.5. The van der Waals surface area contributed by atoms with Crippen LogP contribution in [-0.2, 0) is 6.61 Å². The third-order valence-electron chi connectivity index (χ3n) is 3.49. The molecule has 7 heteroatoms. The summed E-state index contributed by atoms with van der Waals surface area (Å²) >= 11 is 7.31. The molecular weight excluding hydrogens is 358 g/mol. The Labute approximate surface area is 154 Å². The molecule has 0 aliphatic heterocycles. The maximum absolute atomic E-state index is 12.6. The molecule has 2 aromatic heterocycles. The summed E-state index contributed by atoms with van der Waals surface area (Å²) in [6.07, 6.45) is 3.32. The van der Waals surface area contributed by atoms with Crippen LogP contribution in [0.3, 0.4) is 0 Å². The number of nitrogens with one attached hydrogen (secondary N) is 1. The summed E-state index contributed by atoms with van der Waals surface area (Å²) in [5.41, 5.74) is 2.31. The third kappa shape index (κ3) is 4.35. The average Bonchev–Trinajstić information content (AvgIpc) is 2.98. The summed E-state index contributed by atoms with van der Waals surface area (Å²) in [6.45, 7) is 4.02. The Morgan fingerprint density at radius 3 is 2.92 bits per heavy atom. The van der Waals surface area contributed by atoms with Crippen LogP contribution in [0.2, 0.25) is 5.02 Å². The second-order valence-corrected chi connectivity index (χ2v) is 6.93. The molecule has 2 heterocycles. The van der Waals surface area contributed by atoms with E-state index in [9.17, 15) is 4.79 Å². The van der Waals surface area contributed by atoms with Gasteiger partial charge >= 0.3 is 0 Å². The molecule has 0 unspecified atom stereocenters. The fourth-order valence-corrected chi connectivity index (χ4v) is 3.26. The van der Waals surface area contributed by atoms with E-state index in [0.29, 0.717) is 33.6 Å². The predicted octanol–water partition coefficient (Wildman–Crippen LogP) is 4.64. The topological polar surface area (TPSA) is 64.1 Å². The summed E-state index contributed by atoms with van der Waals surface area (Å²) in [5.74, 6) is 0.462. The lowest BCUT2D eigenvalue weighted by atomic mass is 10.2. The van der Waals surface area contributed by atoms with Crippen molar-refractivity contribution in [2.45, 2.75) is 20.5 Å². The van der Waals surface area contributed by atoms with Gasteiger partial charge in [-0.2, -0.15) is 0 Å². The number of carbonyl (C=O) groups excluding carboxylic acids is 1. The van der Waals surface area contributed by atoms with E-state index >= 15 is 0 Å². The molecule has 1 amide bonds. The molecule has 0 bridgehead atoms. The number of halogens is 1. The molecule has 0 atom stereocenters. The highest BCUT2D eigenvalue weighted by Gasteiger charge is 2.16. The van der Waals surface area contributed by atoms with E-state index in [-0.39, 0.29) is 5.91 Å². The molecule has 5 nitrogen and oxygen atoms in total. The number of aromatic nitrogens is 2. The number of anilines is 1. The molecule has 0 aliphatic rings. The van der Waals surface area contributed by atoms with Gasteiger partial charge in [0.1, 0.15) is 22.2 Å². The predicted molar refractivity (Wildman–Crippen MR) is 99.6 cm³/mol. The normalized spacial score (nSPS) is 10.5. The Kier molecular flexibility index (Phi) is 5.31. The zero-order chi connectivity index (χ0) is 17.8. The van der Waals surface area contributed by atoms with Crippen LogP contribution >= 0.6 is 22.9 Å². The van der Waals surface area contributed by atoms with Crippen LogP contribution in [0.5, 0.6) is 5.75 Å². The molecule has 3 aromatic rings. The van der Waals surface area contributed by atoms with Gasteiger partial charge in [-0.3, -0.25) is 9.78 Å². The van der Waals surface area contributed by atoms with Crippen LogP contribution in [0, 0.1) is 13.8 Å². The van der Waals surface area contributed by atoms with Crippen LogP contribution in [0.25, 0.3) is 0 Å². The lowest BCUT2D eigenvalue weighted by molar-refractivity contribution is 0.102. The number of benzene rings is 1. The number of hydrogen-bond acceptors (Lipinski definition) is 5. The van der Waals surface area contributed by atoms with Gasteiger partial charge in [-0.05, 0) is 43.7 Å². The van der Waals surface area contributed by atoms with Crippen molar-refractivity contribution in [3.8, 4) is 5.75 Å². The largest absolute Gasteiger partial charge is 0.485 e. The number of ether oxygens (including phenoxy) is 1. The first-order chi connectivity index (χ1) is 12.0. The van der Waals surface area contributed by atoms with Gasteiger partial charge in [0.15, 0.2) is 0 Å². The smallest absolute Gasteiger partial charge is 0.267 e. The van der Waals surface area contributed by atoms with Crippen LogP contribution in [0.15, 0.2) is 42.7 Å². The van der Waals surface area contributed by atoms with Crippen LogP contribution < -0.4 is 10.1 Å². The SMILES string of the molecule is Cc1ccc(Cl)cc1NC(=O)c1sc(COc2cccnc2)nc1C. The molecular formula is C18H16ClN3O2S. The molecule has 0 spiro atoms. The van der Waals surface area contributed by atoms with E-state index in [2.05, 4.69) is 15.3 Å². The van der Waals surface area contributed by atoms with E-state index in [1.165, 1.54) is 11.3 Å². The number of pyridine rings is 1. The van der Waals surface area contributed by atoms with E-state index < -0.39 is 0 Å². The Morgan fingerprint density at radius 2 is 2.16 bits per heavy atom. The van der Waals surface area contributed by atoms with Crippen molar-refractivity contribution in [2.24, 2.45) is 0 Å². The van der Waals surface area contributed by atoms with Gasteiger partial charge in [-0.1, -0.05) is 17.7 Å². The summed E-state index contributed by atoms with van der Waals surface area (Å²) in [7, 11) is 0. The Balaban J connectivity index is 1.71. The molecule has 3 rings (SSSR count). The van der Waals surface area contributed by atoms with Gasteiger partial charge in [-0.15, -0.1) is 11.3 Å². The summed E-state index contributed by atoms with van der Waals surface area (Å²) in [4.78, 5) is 21.5. The monoisotopic (exact) mass is 373 g/mol. The Bertz CT molecular complexity index is 897. The van der Waals surface area contributed by atoms with Crippen LogP contribution in [0.4, 0.5) is 5.69 Å². The van der Waals surface area contributed by atoms with Crippen molar-refractivity contribution in [3.05, 3.63) is 68.9 Å². The first kappa shape index (κ1) is 17.4. The molecule has 1 aromatic carbocycles. The van der Waals surface area contributed by atoms with Gasteiger partial charge in [0, 0.05) is 16.9 Å². The third-order valence-corrected chi connectivity index (χ3v) is 4.86. The number of amides is 1. The second kappa shape index (κ2) is 7.63. The maximum Gasteiger partial charge on any atom is 0.267 e. The first-order valence-electron chi connectivity index (χ1n) is 7.59. The summed E-state index contributed by atoms with van der Waals surface area (Å²) in [5, 5.41) is 4.20. The van der Waals surface area contributed by atoms with Gasteiger partial charge < -0.3 is 10.1 Å². The van der Waals surface area contributed by atoms with E-state index in [1.807, 2.05) is 26.0 Å². The van der Waals surface area contributed by atoms with Gasteiger partial charge in [-0.25, -0.2) is 4.98 Å². The number of carbonyl (C=O) groups is 1. The lowest BCUT2D eigenvalue weighted by Gasteiger charge is -2.08. The number of rotatable bonds is 5. The minimum atomic E-state index is -0.201. The molecule has 128 valence electrons. The van der Waals surface area contributed by atoms with E-state index in [4.69, 9.17) is 16.3 Å². The summed E-state index contributed by atoms with van der Waals surface area (Å²) < 4.78 is 5.63. The molecule has 0 aliphatic carbocycles. The summed E-state index contributed by atoms with van der Waals surface area (Å²) in [6, 6.07) is 9.01. The number of thiazole rings is 1. The van der Waals surface area contributed by atoms with E-state index in [0.717, 1.165) is 10.6 Å². The highest BCUT2D eigenvalue weighted by molar-refractivity contribution is 7.13. The zero-order valence-corrected chi connectivity index (χ0v) is 15.3. The van der Waals surface area contributed by atoms with Gasteiger partial charge in [0.2, 0.25) is 0 Å². The Hall–Kier alpha value is -2.44. The first-order valence-corrected chi connectivity index (χ1v) is 8.79. The second-order valence-electron chi connectivity index (χ2n) is 5.41. The number of hydrogen-bond donors (Lipinski definition) is 1. The van der Waals surface area contributed by atoms with Crippen LogP contribution in [0.1, 0.15) is 25.9 Å². The van der Waals surface area contributed by atoms with E-state index in [1.54, 1.807) is 30.6 Å². The standard InChI is InChI=1S/C18H16ClN3O2S/c1-11-5-6-13(19)8-15(11)22-18(23)17-12(2)21-16(25-17)10-24-14-4-3-7-20-9-14/h3-9H,10H2,1-2H3,(H,22,23). The van der Waals surface area contributed by atoms with Crippen molar-refractivity contribution in [2.75, 3.05) is 5.32 Å². The molecule has 25 heavy (non-hydrogen) atoms. The molecule has 1 N–H and O–H groups in total. The van der Waals surface area contributed by atoms with Crippen molar-refractivity contribution in [1.29, 1.82) is 0 Å². The van der Waals surface area contributed by atoms with Crippen molar-refractivity contribution in [1.82, 2.24) is 9.97 Å². The van der Waals surface area contributed by atoms with Crippen molar-refractivity contribution in [3.63, 3.8) is 0 Å².